The predicted molar refractivity (Wildman–Crippen MR) is 99.2 cm³/mol. The number of piperidine rings is 1. The van der Waals surface area contributed by atoms with E-state index in [1.165, 1.54) is 7.11 Å². The maximum absolute atomic E-state index is 11.6. The quantitative estimate of drug-likeness (QED) is 0.492. The van der Waals surface area contributed by atoms with Gasteiger partial charge in [-0.05, 0) is 44.0 Å². The minimum absolute atomic E-state index is 0.00785. The van der Waals surface area contributed by atoms with Crippen molar-refractivity contribution in [2.75, 3.05) is 33.8 Å². The van der Waals surface area contributed by atoms with E-state index in [4.69, 9.17) is 21.1 Å². The fourth-order valence-electron chi connectivity index (χ4n) is 2.85. The number of aliphatic imine (C=N–C) groups is 1. The molecule has 0 saturated carbocycles. The standard InChI is InChI=1S/C18H26ClN3O3/c1-13(25-16-6-4-15(19)5-7-16)12-21-18(20-2)22-10-8-14(9-11-22)17(23)24-3/h4-7,13-14H,8-12H2,1-3H3,(H,20,21). The first kappa shape index (κ1) is 19.4. The number of hydrogen-bond donors (Lipinski definition) is 1. The number of likely N-dealkylation sites (tertiary alicyclic amines) is 1. The number of esters is 1. The molecule has 1 heterocycles. The summed E-state index contributed by atoms with van der Waals surface area (Å²) in [5.74, 6) is 1.49. The monoisotopic (exact) mass is 367 g/mol. The van der Waals surface area contributed by atoms with E-state index < -0.39 is 0 Å². The van der Waals surface area contributed by atoms with Crippen molar-refractivity contribution in [2.45, 2.75) is 25.9 Å². The zero-order valence-electron chi connectivity index (χ0n) is 15.0. The van der Waals surface area contributed by atoms with Gasteiger partial charge in [-0.3, -0.25) is 9.79 Å². The number of guanidine groups is 1. The van der Waals surface area contributed by atoms with Crippen LogP contribution in [0.1, 0.15) is 19.8 Å². The number of halogens is 1. The summed E-state index contributed by atoms with van der Waals surface area (Å²) < 4.78 is 10.7. The van der Waals surface area contributed by atoms with E-state index in [0.717, 1.165) is 37.6 Å². The van der Waals surface area contributed by atoms with Gasteiger partial charge in [0.1, 0.15) is 11.9 Å². The molecule has 1 atom stereocenters. The van der Waals surface area contributed by atoms with Crippen LogP contribution in [0, 0.1) is 5.92 Å². The first-order valence-electron chi connectivity index (χ1n) is 8.49. The molecule has 6 nitrogen and oxygen atoms in total. The fourth-order valence-corrected chi connectivity index (χ4v) is 2.97. The lowest BCUT2D eigenvalue weighted by molar-refractivity contribution is -0.146. The Morgan fingerprint density at radius 2 is 2.00 bits per heavy atom. The van der Waals surface area contributed by atoms with Crippen molar-refractivity contribution in [1.82, 2.24) is 10.2 Å². The van der Waals surface area contributed by atoms with Crippen LogP contribution >= 0.6 is 11.6 Å². The Morgan fingerprint density at radius 1 is 1.36 bits per heavy atom. The van der Waals surface area contributed by atoms with Crippen molar-refractivity contribution in [3.8, 4) is 5.75 Å². The minimum atomic E-state index is -0.118. The zero-order chi connectivity index (χ0) is 18.2. The summed E-state index contributed by atoms with van der Waals surface area (Å²) in [7, 11) is 3.21. The van der Waals surface area contributed by atoms with Crippen LogP contribution in [0.15, 0.2) is 29.3 Å². The molecule has 138 valence electrons. The van der Waals surface area contributed by atoms with Crippen molar-refractivity contribution >= 4 is 23.5 Å². The molecule has 0 amide bonds. The smallest absolute Gasteiger partial charge is 0.308 e. The largest absolute Gasteiger partial charge is 0.489 e. The summed E-state index contributed by atoms with van der Waals surface area (Å²) in [6.45, 7) is 4.20. The van der Waals surface area contributed by atoms with Crippen LogP contribution in [-0.4, -0.2) is 56.7 Å². The van der Waals surface area contributed by atoms with E-state index in [2.05, 4.69) is 15.2 Å². The van der Waals surface area contributed by atoms with Crippen molar-refractivity contribution in [3.05, 3.63) is 29.3 Å². The van der Waals surface area contributed by atoms with Crippen LogP contribution in [0.25, 0.3) is 0 Å². The maximum Gasteiger partial charge on any atom is 0.308 e. The van der Waals surface area contributed by atoms with Gasteiger partial charge in [0.25, 0.3) is 0 Å². The summed E-state index contributed by atoms with van der Waals surface area (Å²) in [5, 5.41) is 4.03. The Kier molecular flexibility index (Phi) is 7.37. The lowest BCUT2D eigenvalue weighted by atomic mass is 9.97. The summed E-state index contributed by atoms with van der Waals surface area (Å²) in [6, 6.07) is 7.32. The number of carbonyl (C=O) groups is 1. The molecular formula is C18H26ClN3O3. The third kappa shape index (κ3) is 5.81. The molecule has 1 fully saturated rings. The van der Waals surface area contributed by atoms with E-state index in [1.807, 2.05) is 19.1 Å². The summed E-state index contributed by atoms with van der Waals surface area (Å²) in [5.41, 5.74) is 0. The Bertz CT molecular complexity index is 584. The molecule has 0 spiro atoms. The number of carbonyl (C=O) groups excluding carboxylic acids is 1. The molecule has 1 aromatic rings. The first-order valence-corrected chi connectivity index (χ1v) is 8.87. The number of ether oxygens (including phenoxy) is 2. The van der Waals surface area contributed by atoms with Gasteiger partial charge in [0.2, 0.25) is 0 Å². The Labute approximate surface area is 154 Å². The van der Waals surface area contributed by atoms with Crippen LogP contribution in [0.2, 0.25) is 5.02 Å². The number of rotatable bonds is 5. The number of hydrogen-bond acceptors (Lipinski definition) is 4. The molecule has 2 rings (SSSR count). The molecule has 1 unspecified atom stereocenters. The molecule has 0 aliphatic carbocycles. The van der Waals surface area contributed by atoms with E-state index in [0.29, 0.717) is 11.6 Å². The van der Waals surface area contributed by atoms with Gasteiger partial charge < -0.3 is 19.7 Å². The number of nitrogens with one attached hydrogen (secondary N) is 1. The fraction of sp³-hybridized carbons (Fsp3) is 0.556. The van der Waals surface area contributed by atoms with Gasteiger partial charge in [0.15, 0.2) is 5.96 Å². The highest BCUT2D eigenvalue weighted by Crippen LogP contribution is 2.19. The third-order valence-electron chi connectivity index (χ3n) is 4.24. The van der Waals surface area contributed by atoms with Crippen LogP contribution in [0.4, 0.5) is 0 Å². The van der Waals surface area contributed by atoms with Crippen molar-refractivity contribution in [1.29, 1.82) is 0 Å². The molecule has 1 saturated heterocycles. The average Bonchev–Trinajstić information content (AvgIpc) is 2.64. The average molecular weight is 368 g/mol. The summed E-state index contributed by atoms with van der Waals surface area (Å²) in [4.78, 5) is 18.1. The zero-order valence-corrected chi connectivity index (χ0v) is 15.8. The van der Waals surface area contributed by atoms with Gasteiger partial charge in [-0.25, -0.2) is 0 Å². The number of nitrogens with zero attached hydrogens (tertiary/aromatic N) is 2. The molecule has 0 bridgehead atoms. The molecule has 1 aliphatic heterocycles. The maximum atomic E-state index is 11.6. The molecule has 7 heteroatoms. The minimum Gasteiger partial charge on any atom is -0.489 e. The van der Waals surface area contributed by atoms with Gasteiger partial charge in [-0.2, -0.15) is 0 Å². The van der Waals surface area contributed by atoms with Gasteiger partial charge in [-0.1, -0.05) is 11.6 Å². The lowest BCUT2D eigenvalue weighted by Gasteiger charge is -2.33. The molecular weight excluding hydrogens is 342 g/mol. The van der Waals surface area contributed by atoms with Crippen LogP contribution in [0.3, 0.4) is 0 Å². The van der Waals surface area contributed by atoms with Gasteiger partial charge in [0, 0.05) is 25.2 Å². The van der Waals surface area contributed by atoms with Crippen molar-refractivity contribution < 1.29 is 14.3 Å². The van der Waals surface area contributed by atoms with Crippen molar-refractivity contribution in [3.63, 3.8) is 0 Å². The second kappa shape index (κ2) is 9.51. The molecule has 25 heavy (non-hydrogen) atoms. The Balaban J connectivity index is 1.78. The first-order chi connectivity index (χ1) is 12.0. The second-order valence-corrected chi connectivity index (χ2v) is 6.53. The van der Waals surface area contributed by atoms with E-state index in [9.17, 15) is 4.79 Å². The second-order valence-electron chi connectivity index (χ2n) is 6.09. The molecule has 1 aromatic carbocycles. The van der Waals surface area contributed by atoms with E-state index >= 15 is 0 Å². The topological polar surface area (TPSA) is 63.2 Å². The lowest BCUT2D eigenvalue weighted by Crippen LogP contribution is -2.48. The van der Waals surface area contributed by atoms with Gasteiger partial charge >= 0.3 is 5.97 Å². The molecule has 1 aliphatic rings. The highest BCUT2D eigenvalue weighted by molar-refractivity contribution is 6.30. The van der Waals surface area contributed by atoms with E-state index in [-0.39, 0.29) is 18.0 Å². The van der Waals surface area contributed by atoms with Gasteiger partial charge in [0.05, 0.1) is 19.6 Å². The third-order valence-corrected chi connectivity index (χ3v) is 4.49. The summed E-state index contributed by atoms with van der Waals surface area (Å²) in [6.07, 6.45) is 1.54. The predicted octanol–water partition coefficient (Wildman–Crippen LogP) is 2.57. The van der Waals surface area contributed by atoms with Crippen LogP contribution in [0.5, 0.6) is 5.75 Å². The number of methoxy groups -OCH3 is 1. The van der Waals surface area contributed by atoms with Crippen LogP contribution < -0.4 is 10.1 Å². The van der Waals surface area contributed by atoms with Crippen molar-refractivity contribution in [2.24, 2.45) is 10.9 Å². The SMILES string of the molecule is CN=C(NCC(C)Oc1ccc(Cl)cc1)N1CCC(C(=O)OC)CC1. The number of benzene rings is 1. The Hall–Kier alpha value is -1.95. The van der Waals surface area contributed by atoms with Gasteiger partial charge in [-0.15, -0.1) is 0 Å². The van der Waals surface area contributed by atoms with Crippen LogP contribution in [-0.2, 0) is 9.53 Å². The normalized spacial score (nSPS) is 17.1. The van der Waals surface area contributed by atoms with E-state index in [1.54, 1.807) is 19.2 Å². The highest BCUT2D eigenvalue weighted by atomic mass is 35.5. The Morgan fingerprint density at radius 3 is 2.56 bits per heavy atom. The molecule has 1 N–H and O–H groups in total. The summed E-state index contributed by atoms with van der Waals surface area (Å²) >= 11 is 5.88. The molecule has 0 radical (unpaired) electrons. The molecule has 0 aromatic heterocycles. The highest BCUT2D eigenvalue weighted by Gasteiger charge is 2.27.